The highest BCUT2D eigenvalue weighted by Crippen LogP contribution is 2.33. The molecule has 0 unspecified atom stereocenters. The number of ether oxygens (including phenoxy) is 6. The van der Waals surface area contributed by atoms with E-state index >= 15 is 0 Å². The van der Waals surface area contributed by atoms with Crippen molar-refractivity contribution in [1.29, 1.82) is 0 Å². The van der Waals surface area contributed by atoms with E-state index in [1.165, 1.54) is 77.0 Å². The summed E-state index contributed by atoms with van der Waals surface area (Å²) in [7, 11) is 0. The molecule has 6 aromatic rings. The van der Waals surface area contributed by atoms with Crippen LogP contribution >= 0.6 is 0 Å². The fraction of sp³-hybridized carbons (Fsp3) is 0.379. The SMILES string of the molecule is CC(CCCCCCCCCC(Oc1ccccc1)(Oc1ccccc1)Oc1ccccc1)CCCCCCCCCC(Oc1ccccc1)(Oc1ccccc1)Oc1ccccc1. The Morgan fingerprint density at radius 1 is 0.266 bits per heavy atom. The van der Waals surface area contributed by atoms with E-state index in [0.717, 1.165) is 31.6 Å². The van der Waals surface area contributed by atoms with Gasteiger partial charge in [-0.1, -0.05) is 206 Å². The molecule has 0 atom stereocenters. The zero-order valence-corrected chi connectivity index (χ0v) is 38.1. The molecule has 0 saturated carbocycles. The van der Waals surface area contributed by atoms with Crippen LogP contribution in [0, 0.1) is 5.92 Å². The molecule has 6 heteroatoms. The first-order valence-corrected chi connectivity index (χ1v) is 24.0. The third-order valence-corrected chi connectivity index (χ3v) is 11.5. The van der Waals surface area contributed by atoms with Crippen LogP contribution in [0.1, 0.15) is 122 Å². The molecule has 0 aliphatic heterocycles. The topological polar surface area (TPSA) is 55.4 Å². The Bertz CT molecular complexity index is 1690. The van der Waals surface area contributed by atoms with Crippen LogP contribution in [-0.2, 0) is 0 Å². The van der Waals surface area contributed by atoms with E-state index in [-0.39, 0.29) is 0 Å². The standard InChI is InChI=1S/C58H70O6/c1-50(34-18-8-4-2-6-10-32-48-57(59-51-36-20-12-21-37-51,60-52-38-22-13-23-39-52)61-53-40-24-14-25-41-53)35-19-9-5-3-7-11-33-49-58(62-54-42-26-15-27-43-54,63-55-44-28-16-29-45-55)64-56-46-30-17-31-47-56/h12-17,20-31,36-47,50H,2-11,18-19,32-35,48-49H2,1H3. The maximum absolute atomic E-state index is 6.55. The molecule has 0 aromatic heterocycles. The van der Waals surface area contributed by atoms with Crippen molar-refractivity contribution in [2.45, 2.75) is 134 Å². The highest BCUT2D eigenvalue weighted by Gasteiger charge is 2.39. The van der Waals surface area contributed by atoms with E-state index in [1.54, 1.807) is 0 Å². The van der Waals surface area contributed by atoms with Crippen molar-refractivity contribution in [3.63, 3.8) is 0 Å². The summed E-state index contributed by atoms with van der Waals surface area (Å²) in [4.78, 5) is 0. The fourth-order valence-corrected chi connectivity index (χ4v) is 8.02. The number of hydrogen-bond acceptors (Lipinski definition) is 6. The van der Waals surface area contributed by atoms with E-state index in [2.05, 4.69) is 6.92 Å². The third-order valence-electron chi connectivity index (χ3n) is 11.5. The molecule has 6 nitrogen and oxygen atoms in total. The van der Waals surface area contributed by atoms with Crippen molar-refractivity contribution in [2.75, 3.05) is 0 Å². The molecule has 0 fully saturated rings. The van der Waals surface area contributed by atoms with Crippen LogP contribution < -0.4 is 28.4 Å². The molecule has 0 aliphatic carbocycles. The normalized spacial score (nSPS) is 11.5. The van der Waals surface area contributed by atoms with Crippen LogP contribution in [0.25, 0.3) is 0 Å². The van der Waals surface area contributed by atoms with Gasteiger partial charge in [0.25, 0.3) is 0 Å². The van der Waals surface area contributed by atoms with Gasteiger partial charge in [-0.05, 0) is 91.6 Å². The van der Waals surface area contributed by atoms with Gasteiger partial charge in [0, 0.05) is 0 Å². The lowest BCUT2D eigenvalue weighted by Gasteiger charge is -2.34. The monoisotopic (exact) mass is 863 g/mol. The van der Waals surface area contributed by atoms with Gasteiger partial charge >= 0.3 is 11.9 Å². The van der Waals surface area contributed by atoms with Crippen molar-refractivity contribution in [2.24, 2.45) is 5.92 Å². The van der Waals surface area contributed by atoms with E-state index < -0.39 is 11.9 Å². The molecular formula is C58H70O6. The summed E-state index contributed by atoms with van der Waals surface area (Å²) in [5.41, 5.74) is 0. The second-order valence-electron chi connectivity index (χ2n) is 17.0. The number of benzene rings is 6. The van der Waals surface area contributed by atoms with Gasteiger partial charge in [0.1, 0.15) is 34.5 Å². The first-order valence-electron chi connectivity index (χ1n) is 24.0. The predicted molar refractivity (Wildman–Crippen MR) is 260 cm³/mol. The molecule has 0 radical (unpaired) electrons. The minimum Gasteiger partial charge on any atom is -0.421 e. The van der Waals surface area contributed by atoms with Gasteiger partial charge in [-0.3, -0.25) is 0 Å². The van der Waals surface area contributed by atoms with Crippen LogP contribution in [-0.4, -0.2) is 11.9 Å². The van der Waals surface area contributed by atoms with Gasteiger partial charge in [0.2, 0.25) is 0 Å². The summed E-state index contributed by atoms with van der Waals surface area (Å²) in [5.74, 6) is 2.49. The van der Waals surface area contributed by atoms with E-state index in [9.17, 15) is 0 Å². The molecular weight excluding hydrogens is 793 g/mol. The Hall–Kier alpha value is -5.88. The lowest BCUT2D eigenvalue weighted by Crippen LogP contribution is -2.48. The summed E-state index contributed by atoms with van der Waals surface area (Å²) < 4.78 is 39.3. The Labute approximate surface area is 383 Å². The van der Waals surface area contributed by atoms with Crippen LogP contribution in [0.15, 0.2) is 182 Å². The van der Waals surface area contributed by atoms with Crippen LogP contribution in [0.3, 0.4) is 0 Å². The molecule has 0 N–H and O–H groups in total. The maximum atomic E-state index is 6.55. The van der Waals surface area contributed by atoms with Crippen molar-refractivity contribution in [1.82, 2.24) is 0 Å². The van der Waals surface area contributed by atoms with Gasteiger partial charge in [-0.15, -0.1) is 0 Å². The number of para-hydroxylation sites is 6. The summed E-state index contributed by atoms with van der Waals surface area (Å²) >= 11 is 0. The first-order chi connectivity index (χ1) is 31.6. The van der Waals surface area contributed by atoms with Crippen LogP contribution in [0.4, 0.5) is 0 Å². The number of rotatable bonds is 32. The van der Waals surface area contributed by atoms with Crippen molar-refractivity contribution >= 4 is 0 Å². The molecule has 6 aromatic carbocycles. The van der Waals surface area contributed by atoms with E-state index in [4.69, 9.17) is 28.4 Å². The van der Waals surface area contributed by atoms with Crippen molar-refractivity contribution in [3.05, 3.63) is 182 Å². The predicted octanol–water partition coefficient (Wildman–Crippen LogP) is 16.4. The summed E-state index contributed by atoms with van der Waals surface area (Å²) in [5, 5.41) is 0. The maximum Gasteiger partial charge on any atom is 0.417 e. The zero-order chi connectivity index (χ0) is 44.2. The second kappa shape index (κ2) is 27.3. The van der Waals surface area contributed by atoms with Gasteiger partial charge in [0.05, 0.1) is 12.8 Å². The largest absolute Gasteiger partial charge is 0.421 e. The minimum absolute atomic E-state index is 0.601. The van der Waals surface area contributed by atoms with Crippen molar-refractivity contribution < 1.29 is 28.4 Å². The molecule has 6 rings (SSSR count). The second-order valence-corrected chi connectivity index (χ2v) is 17.0. The average Bonchev–Trinajstić information content (AvgIpc) is 3.32. The molecule has 0 amide bonds. The first kappa shape index (κ1) is 47.6. The Balaban J connectivity index is 0.839. The highest BCUT2D eigenvalue weighted by molar-refractivity contribution is 5.28. The lowest BCUT2D eigenvalue weighted by atomic mass is 9.95. The van der Waals surface area contributed by atoms with Crippen LogP contribution in [0.5, 0.6) is 34.5 Å². The number of hydrogen-bond donors (Lipinski definition) is 0. The van der Waals surface area contributed by atoms with Gasteiger partial charge in [-0.2, -0.15) is 0 Å². The molecule has 64 heavy (non-hydrogen) atoms. The summed E-state index contributed by atoms with van der Waals surface area (Å²) in [6.45, 7) is 2.44. The quantitative estimate of drug-likeness (QED) is 0.0311. The van der Waals surface area contributed by atoms with E-state index in [0.29, 0.717) is 47.3 Å². The molecule has 338 valence electrons. The molecule has 0 spiro atoms. The van der Waals surface area contributed by atoms with Gasteiger partial charge in [0.15, 0.2) is 0 Å². The van der Waals surface area contributed by atoms with Gasteiger partial charge < -0.3 is 28.4 Å². The Kier molecular flexibility index (Phi) is 20.3. The van der Waals surface area contributed by atoms with Gasteiger partial charge in [-0.25, -0.2) is 0 Å². The Morgan fingerprint density at radius 2 is 0.453 bits per heavy atom. The Morgan fingerprint density at radius 3 is 0.672 bits per heavy atom. The van der Waals surface area contributed by atoms with Crippen molar-refractivity contribution in [3.8, 4) is 34.5 Å². The molecule has 0 bridgehead atoms. The van der Waals surface area contributed by atoms with Crippen LogP contribution in [0.2, 0.25) is 0 Å². The highest BCUT2D eigenvalue weighted by atomic mass is 16.9. The zero-order valence-electron chi connectivity index (χ0n) is 38.1. The fourth-order valence-electron chi connectivity index (χ4n) is 8.02. The number of unbranched alkanes of at least 4 members (excludes halogenated alkanes) is 12. The average molecular weight is 863 g/mol. The molecule has 0 saturated heterocycles. The summed E-state index contributed by atoms with van der Waals surface area (Å²) in [6, 6.07) is 58.9. The third kappa shape index (κ3) is 17.7. The summed E-state index contributed by atoms with van der Waals surface area (Å²) in [6.07, 6.45) is 20.6. The molecule has 0 aliphatic rings. The minimum atomic E-state index is -1.29. The molecule has 0 heterocycles. The smallest absolute Gasteiger partial charge is 0.417 e. The lowest BCUT2D eigenvalue weighted by molar-refractivity contribution is -0.257. The van der Waals surface area contributed by atoms with E-state index in [1.807, 2.05) is 182 Å².